The first-order valence-electron chi connectivity index (χ1n) is 5.88. The van der Waals surface area contributed by atoms with Crippen LogP contribution in [-0.2, 0) is 4.79 Å². The molecular weight excluding hydrogens is 242 g/mol. The second-order valence-electron chi connectivity index (χ2n) is 4.90. The fourth-order valence-corrected chi connectivity index (χ4v) is 1.33. The molecule has 0 bridgehead atoms. The zero-order valence-corrected chi connectivity index (χ0v) is 11.1. The number of anilines is 1. The molecule has 0 aromatic heterocycles. The minimum absolute atomic E-state index is 0.189. The summed E-state index contributed by atoms with van der Waals surface area (Å²) in [4.78, 5) is 15.1. The Hall–Kier alpha value is -2.30. The number of rotatable bonds is 5. The molecule has 0 amide bonds. The first-order valence-corrected chi connectivity index (χ1v) is 5.88. The number of carboxylic acids is 1. The van der Waals surface area contributed by atoms with Gasteiger partial charge in [-0.05, 0) is 31.5 Å². The van der Waals surface area contributed by atoms with Crippen LogP contribution in [0.3, 0.4) is 0 Å². The van der Waals surface area contributed by atoms with Gasteiger partial charge in [0, 0.05) is 23.7 Å². The second kappa shape index (κ2) is 6.04. The zero-order valence-electron chi connectivity index (χ0n) is 11.1. The van der Waals surface area contributed by atoms with E-state index in [1.54, 1.807) is 32.2 Å². The molecule has 1 aromatic rings. The number of benzene rings is 1. The number of carbonyl (C=O) groups is 1. The largest absolute Gasteiger partial charge is 0.481 e. The Kier molecular flexibility index (Phi) is 4.69. The molecule has 1 rings (SSSR count). The summed E-state index contributed by atoms with van der Waals surface area (Å²) in [6.45, 7) is 3.44. The molecule has 5 heteroatoms. The third-order valence-corrected chi connectivity index (χ3v) is 2.72. The third-order valence-electron chi connectivity index (χ3n) is 2.72. The highest BCUT2D eigenvalue weighted by Gasteiger charge is 2.26. The molecule has 0 atom stereocenters. The van der Waals surface area contributed by atoms with Gasteiger partial charge in [-0.15, -0.1) is 0 Å². The highest BCUT2D eigenvalue weighted by atomic mass is 16.4. The highest BCUT2D eigenvalue weighted by Crippen LogP contribution is 2.17. The summed E-state index contributed by atoms with van der Waals surface area (Å²) in [5, 5.41) is 8.98. The Balaban J connectivity index is 2.79. The Labute approximate surface area is 112 Å². The first kappa shape index (κ1) is 14.8. The monoisotopic (exact) mass is 261 g/mol. The molecule has 5 N–H and O–H groups in total. The van der Waals surface area contributed by atoms with Crippen LogP contribution in [0.2, 0.25) is 0 Å². The molecule has 0 aliphatic carbocycles. The van der Waals surface area contributed by atoms with Gasteiger partial charge in [0.05, 0.1) is 12.0 Å². The lowest BCUT2D eigenvalue weighted by Gasteiger charge is -2.15. The van der Waals surface area contributed by atoms with Crippen LogP contribution in [0.5, 0.6) is 0 Å². The Morgan fingerprint density at radius 3 is 2.42 bits per heavy atom. The van der Waals surface area contributed by atoms with Crippen molar-refractivity contribution in [2.45, 2.75) is 13.8 Å². The molecule has 0 aliphatic rings. The second-order valence-corrected chi connectivity index (χ2v) is 4.90. The molecule has 5 nitrogen and oxygen atoms in total. The highest BCUT2D eigenvalue weighted by molar-refractivity contribution is 6.09. The maximum atomic E-state index is 10.9. The maximum Gasteiger partial charge on any atom is 0.310 e. The molecule has 0 radical (unpaired) electrons. The van der Waals surface area contributed by atoms with E-state index in [0.29, 0.717) is 5.69 Å². The van der Waals surface area contributed by atoms with Crippen molar-refractivity contribution in [3.63, 3.8) is 0 Å². The van der Waals surface area contributed by atoms with Gasteiger partial charge in [-0.3, -0.25) is 9.79 Å². The van der Waals surface area contributed by atoms with Gasteiger partial charge >= 0.3 is 5.97 Å². The molecule has 102 valence electrons. The molecule has 0 unspecified atom stereocenters. The SMILES string of the molecule is CC(C)(CN=CC(=CN)c1ccc(N)cc1)C(=O)O. The topological polar surface area (TPSA) is 102 Å². The van der Waals surface area contributed by atoms with Crippen LogP contribution in [0.4, 0.5) is 5.69 Å². The Morgan fingerprint density at radius 2 is 1.95 bits per heavy atom. The van der Waals surface area contributed by atoms with Crippen LogP contribution >= 0.6 is 0 Å². The average molecular weight is 261 g/mol. The molecule has 0 aliphatic heterocycles. The van der Waals surface area contributed by atoms with Gasteiger partial charge in [-0.2, -0.15) is 0 Å². The number of aliphatic imine (C=N–C) groups is 1. The lowest BCUT2D eigenvalue weighted by molar-refractivity contribution is -0.146. The van der Waals surface area contributed by atoms with E-state index in [1.807, 2.05) is 12.1 Å². The van der Waals surface area contributed by atoms with Gasteiger partial charge in [0.1, 0.15) is 0 Å². The van der Waals surface area contributed by atoms with Gasteiger partial charge in [-0.25, -0.2) is 0 Å². The number of hydrogen-bond donors (Lipinski definition) is 3. The van der Waals surface area contributed by atoms with Crippen molar-refractivity contribution in [1.82, 2.24) is 0 Å². The summed E-state index contributed by atoms with van der Waals surface area (Å²) in [6.07, 6.45) is 3.01. The summed E-state index contributed by atoms with van der Waals surface area (Å²) >= 11 is 0. The van der Waals surface area contributed by atoms with E-state index in [-0.39, 0.29) is 6.54 Å². The number of hydrogen-bond acceptors (Lipinski definition) is 4. The number of nitrogen functional groups attached to an aromatic ring is 1. The quantitative estimate of drug-likeness (QED) is 0.555. The van der Waals surface area contributed by atoms with E-state index in [2.05, 4.69) is 4.99 Å². The van der Waals surface area contributed by atoms with Crippen LogP contribution in [-0.4, -0.2) is 23.8 Å². The van der Waals surface area contributed by atoms with E-state index in [4.69, 9.17) is 16.6 Å². The van der Waals surface area contributed by atoms with E-state index in [9.17, 15) is 4.79 Å². The maximum absolute atomic E-state index is 10.9. The van der Waals surface area contributed by atoms with Gasteiger partial charge < -0.3 is 16.6 Å². The molecule has 0 saturated heterocycles. The molecule has 1 aromatic carbocycles. The third kappa shape index (κ3) is 4.13. The van der Waals surface area contributed by atoms with E-state index >= 15 is 0 Å². The van der Waals surface area contributed by atoms with Gasteiger partial charge in [0.2, 0.25) is 0 Å². The molecule has 0 spiro atoms. The van der Waals surface area contributed by atoms with Crippen LogP contribution < -0.4 is 11.5 Å². The Morgan fingerprint density at radius 1 is 1.37 bits per heavy atom. The number of nitrogens with zero attached hydrogens (tertiary/aromatic N) is 1. The standard InChI is InChI=1S/C14H19N3O2/c1-14(2,13(18)19)9-17-8-11(7-15)10-3-5-12(16)6-4-10/h3-8H,9,15-16H2,1-2H3,(H,18,19). The molecule has 19 heavy (non-hydrogen) atoms. The lowest BCUT2D eigenvalue weighted by atomic mass is 9.94. The summed E-state index contributed by atoms with van der Waals surface area (Å²) in [6, 6.07) is 7.21. The van der Waals surface area contributed by atoms with Crippen molar-refractivity contribution in [3.05, 3.63) is 36.0 Å². The summed E-state index contributed by atoms with van der Waals surface area (Å²) < 4.78 is 0. The van der Waals surface area contributed by atoms with Crippen molar-refractivity contribution in [1.29, 1.82) is 0 Å². The molecule has 0 saturated carbocycles. The van der Waals surface area contributed by atoms with E-state index in [1.165, 1.54) is 6.20 Å². The van der Waals surface area contributed by atoms with Crippen LogP contribution in [0, 0.1) is 5.41 Å². The van der Waals surface area contributed by atoms with Crippen molar-refractivity contribution >= 4 is 23.4 Å². The Bertz CT molecular complexity index is 502. The molecular formula is C14H19N3O2. The van der Waals surface area contributed by atoms with E-state index < -0.39 is 11.4 Å². The smallest absolute Gasteiger partial charge is 0.310 e. The molecule has 0 heterocycles. The summed E-state index contributed by atoms with van der Waals surface area (Å²) in [5.41, 5.74) is 12.5. The lowest BCUT2D eigenvalue weighted by Crippen LogP contribution is -2.26. The predicted molar refractivity (Wildman–Crippen MR) is 77.8 cm³/mol. The fraction of sp³-hybridized carbons (Fsp3) is 0.286. The van der Waals surface area contributed by atoms with Crippen molar-refractivity contribution in [2.24, 2.45) is 16.1 Å². The van der Waals surface area contributed by atoms with Gasteiger partial charge in [0.15, 0.2) is 0 Å². The minimum Gasteiger partial charge on any atom is -0.481 e. The van der Waals surface area contributed by atoms with Gasteiger partial charge in [-0.1, -0.05) is 12.1 Å². The van der Waals surface area contributed by atoms with Crippen molar-refractivity contribution in [2.75, 3.05) is 12.3 Å². The number of aliphatic carboxylic acids is 1. The van der Waals surface area contributed by atoms with Crippen molar-refractivity contribution < 1.29 is 9.90 Å². The van der Waals surface area contributed by atoms with Crippen molar-refractivity contribution in [3.8, 4) is 0 Å². The minimum atomic E-state index is -0.892. The van der Waals surface area contributed by atoms with Crippen LogP contribution in [0.15, 0.2) is 35.5 Å². The zero-order chi connectivity index (χ0) is 14.5. The number of nitrogens with two attached hydrogens (primary N) is 2. The first-order chi connectivity index (χ1) is 8.86. The van der Waals surface area contributed by atoms with Crippen LogP contribution in [0.1, 0.15) is 19.4 Å². The van der Waals surface area contributed by atoms with Crippen LogP contribution in [0.25, 0.3) is 5.57 Å². The normalized spacial score (nSPS) is 12.8. The molecule has 0 fully saturated rings. The van der Waals surface area contributed by atoms with E-state index in [0.717, 1.165) is 11.1 Å². The van der Waals surface area contributed by atoms with Gasteiger partial charge in [0.25, 0.3) is 0 Å². The summed E-state index contributed by atoms with van der Waals surface area (Å²) in [7, 11) is 0. The summed E-state index contributed by atoms with van der Waals surface area (Å²) in [5.74, 6) is -0.879. The fourth-order valence-electron chi connectivity index (χ4n) is 1.33. The number of allylic oxidation sites excluding steroid dienone is 1. The average Bonchev–Trinajstić information content (AvgIpc) is 2.36. The number of carboxylic acid groups (broad SMARTS) is 1. The predicted octanol–water partition coefficient (Wildman–Crippen LogP) is 1.75.